The van der Waals surface area contributed by atoms with Crippen molar-refractivity contribution >= 4 is 22.7 Å². The molecular formula is C34H34F3N3O4. The fraction of sp³-hybridized carbons (Fsp3) is 0.353. The Bertz CT molecular complexity index is 1730. The highest BCUT2D eigenvalue weighted by Gasteiger charge is 2.56. The number of aromatic amines is 1. The Balaban J connectivity index is 1.44. The summed E-state index contributed by atoms with van der Waals surface area (Å²) in [6.07, 6.45) is -3.66. The number of ether oxygens (including phenoxy) is 2. The summed E-state index contributed by atoms with van der Waals surface area (Å²) in [5, 5.41) is 0.938. The van der Waals surface area contributed by atoms with Crippen molar-refractivity contribution in [2.75, 3.05) is 26.3 Å². The number of H-pyrrole nitrogens is 1. The van der Waals surface area contributed by atoms with E-state index in [1.54, 1.807) is 11.8 Å². The molecule has 7 nitrogen and oxygen atoms in total. The van der Waals surface area contributed by atoms with Gasteiger partial charge in [0, 0.05) is 29.9 Å². The summed E-state index contributed by atoms with van der Waals surface area (Å²) in [6.45, 7) is 6.56. The van der Waals surface area contributed by atoms with Gasteiger partial charge >= 0.3 is 6.18 Å². The van der Waals surface area contributed by atoms with Crippen molar-refractivity contribution in [2.24, 2.45) is 0 Å². The molecule has 0 aliphatic carbocycles. The van der Waals surface area contributed by atoms with Gasteiger partial charge in [0.05, 0.1) is 24.5 Å². The predicted molar refractivity (Wildman–Crippen MR) is 159 cm³/mol. The average molecular weight is 606 g/mol. The molecule has 2 amide bonds. The maximum atomic E-state index is 14.3. The molecule has 2 aliphatic rings. The van der Waals surface area contributed by atoms with Gasteiger partial charge in [0.1, 0.15) is 6.54 Å². The van der Waals surface area contributed by atoms with Gasteiger partial charge in [0.2, 0.25) is 5.91 Å². The number of carbonyl (C=O) groups excluding carboxylic acids is 2. The molecule has 1 N–H and O–H groups in total. The highest BCUT2D eigenvalue weighted by molar-refractivity contribution is 6.01. The zero-order valence-electron chi connectivity index (χ0n) is 24.8. The molecule has 1 fully saturated rings. The Hall–Kier alpha value is -4.47. The second kappa shape index (κ2) is 11.2. The summed E-state index contributed by atoms with van der Waals surface area (Å²) in [4.78, 5) is 34.6. The standard InChI is InChI=1S/C34H34F3N3O4/c1-4-15-44-27-14-13-22(17-28(27)43-5-2)25-19-40-29(41)20-39(18-21-9-8-10-23(16-21)34(35,36)37)32(42)33(40,3)31-30(25)24-11-6-7-12-26(24)38-31/h6-14,16-17,25,38H,4-5,15,18-20H2,1-3H3/t25?,33-/m0/s1. The summed E-state index contributed by atoms with van der Waals surface area (Å²) in [6, 6.07) is 18.5. The Morgan fingerprint density at radius 1 is 0.977 bits per heavy atom. The van der Waals surface area contributed by atoms with Gasteiger partial charge in [-0.05, 0) is 67.3 Å². The van der Waals surface area contributed by atoms with E-state index in [9.17, 15) is 22.8 Å². The summed E-state index contributed by atoms with van der Waals surface area (Å²) in [7, 11) is 0. The van der Waals surface area contributed by atoms with Crippen molar-refractivity contribution < 1.29 is 32.2 Å². The highest BCUT2D eigenvalue weighted by Crippen LogP contribution is 2.49. The van der Waals surface area contributed by atoms with Crippen LogP contribution in [-0.2, 0) is 27.8 Å². The van der Waals surface area contributed by atoms with Crippen molar-refractivity contribution in [1.29, 1.82) is 0 Å². The lowest BCUT2D eigenvalue weighted by Crippen LogP contribution is -2.67. The van der Waals surface area contributed by atoms with Crippen molar-refractivity contribution in [2.45, 2.75) is 51.4 Å². The zero-order chi connectivity index (χ0) is 31.2. The van der Waals surface area contributed by atoms with Gasteiger partial charge in [-0.2, -0.15) is 13.2 Å². The van der Waals surface area contributed by atoms with E-state index >= 15 is 0 Å². The fourth-order valence-electron chi connectivity index (χ4n) is 6.51. The monoisotopic (exact) mass is 605 g/mol. The van der Waals surface area contributed by atoms with Crippen molar-refractivity contribution in [3.8, 4) is 11.5 Å². The summed E-state index contributed by atoms with van der Waals surface area (Å²) in [5.41, 5.74) is 1.38. The fourth-order valence-corrected chi connectivity index (χ4v) is 6.51. The SMILES string of the molecule is CCCOc1ccc(C2CN3C(=O)CN(Cc4cccc(C(F)(F)F)c4)C(=O)[C@]3(C)c3[nH]c4ccccc4c32)cc1OCC. The van der Waals surface area contributed by atoms with Crippen LogP contribution in [0, 0.1) is 0 Å². The molecule has 44 heavy (non-hydrogen) atoms. The Labute approximate surface area is 253 Å². The first-order chi connectivity index (χ1) is 21.1. The van der Waals surface area contributed by atoms with Gasteiger partial charge in [-0.1, -0.05) is 43.3 Å². The van der Waals surface area contributed by atoms with Crippen molar-refractivity contribution in [3.63, 3.8) is 0 Å². The number of nitrogens with one attached hydrogen (secondary N) is 1. The number of nitrogens with zero attached hydrogens (tertiary/aromatic N) is 2. The van der Waals surface area contributed by atoms with Crippen LogP contribution in [-0.4, -0.2) is 52.9 Å². The molecule has 6 rings (SSSR count). The largest absolute Gasteiger partial charge is 0.490 e. The molecule has 4 aromatic rings. The van der Waals surface area contributed by atoms with Crippen molar-refractivity contribution in [3.05, 3.63) is 94.7 Å². The zero-order valence-corrected chi connectivity index (χ0v) is 24.8. The van der Waals surface area contributed by atoms with Gasteiger partial charge < -0.3 is 24.3 Å². The van der Waals surface area contributed by atoms with E-state index in [4.69, 9.17) is 9.47 Å². The van der Waals surface area contributed by atoms with Crippen LogP contribution in [0.2, 0.25) is 0 Å². The van der Waals surface area contributed by atoms with E-state index in [1.807, 2.05) is 56.3 Å². The molecule has 2 atom stereocenters. The van der Waals surface area contributed by atoms with Crippen LogP contribution in [0.5, 0.6) is 11.5 Å². The minimum absolute atomic E-state index is 0.117. The molecule has 0 saturated carbocycles. The van der Waals surface area contributed by atoms with Crippen molar-refractivity contribution in [1.82, 2.24) is 14.8 Å². The second-order valence-electron chi connectivity index (χ2n) is 11.4. The number of hydrogen-bond donors (Lipinski definition) is 1. The normalized spacial score (nSPS) is 20.1. The number of alkyl halides is 3. The van der Waals surface area contributed by atoms with Gasteiger partial charge in [0.25, 0.3) is 5.91 Å². The van der Waals surface area contributed by atoms with Gasteiger partial charge in [-0.3, -0.25) is 9.59 Å². The lowest BCUT2D eigenvalue weighted by molar-refractivity contribution is -0.167. The number of carbonyl (C=O) groups is 2. The molecule has 10 heteroatoms. The van der Waals surface area contributed by atoms with E-state index < -0.39 is 17.3 Å². The number of para-hydroxylation sites is 1. The Morgan fingerprint density at radius 3 is 2.52 bits per heavy atom. The molecule has 3 heterocycles. The Kier molecular flexibility index (Phi) is 7.55. The van der Waals surface area contributed by atoms with Crippen LogP contribution in [0.4, 0.5) is 13.2 Å². The van der Waals surface area contributed by atoms with E-state index in [-0.39, 0.29) is 37.4 Å². The minimum Gasteiger partial charge on any atom is -0.490 e. The predicted octanol–water partition coefficient (Wildman–Crippen LogP) is 6.61. The highest BCUT2D eigenvalue weighted by atomic mass is 19.4. The molecular weight excluding hydrogens is 571 g/mol. The topological polar surface area (TPSA) is 74.9 Å². The van der Waals surface area contributed by atoms with Crippen LogP contribution in [0.15, 0.2) is 66.7 Å². The Morgan fingerprint density at radius 2 is 1.77 bits per heavy atom. The lowest BCUT2D eigenvalue weighted by atomic mass is 9.76. The number of fused-ring (bicyclic) bond motifs is 5. The average Bonchev–Trinajstić information content (AvgIpc) is 3.40. The number of hydrogen-bond acceptors (Lipinski definition) is 4. The molecule has 0 bridgehead atoms. The van der Waals surface area contributed by atoms with Crippen LogP contribution in [0.1, 0.15) is 61.1 Å². The van der Waals surface area contributed by atoms with E-state index in [2.05, 4.69) is 4.98 Å². The number of amides is 2. The van der Waals surface area contributed by atoms with Crippen LogP contribution in [0.25, 0.3) is 10.9 Å². The second-order valence-corrected chi connectivity index (χ2v) is 11.4. The summed E-state index contributed by atoms with van der Waals surface area (Å²) in [5.74, 6) is 0.356. The first-order valence-electron chi connectivity index (χ1n) is 14.8. The third-order valence-electron chi connectivity index (χ3n) is 8.58. The molecule has 1 aromatic heterocycles. The maximum absolute atomic E-state index is 14.3. The molecule has 230 valence electrons. The number of rotatable bonds is 8. The molecule has 1 saturated heterocycles. The first kappa shape index (κ1) is 29.6. The number of halogens is 3. The summed E-state index contributed by atoms with van der Waals surface area (Å²) >= 11 is 0. The smallest absolute Gasteiger partial charge is 0.416 e. The lowest BCUT2D eigenvalue weighted by Gasteiger charge is -2.51. The van der Waals surface area contributed by atoms with E-state index in [1.165, 1.54) is 17.0 Å². The maximum Gasteiger partial charge on any atom is 0.416 e. The van der Waals surface area contributed by atoms with E-state index in [0.717, 1.165) is 40.6 Å². The van der Waals surface area contributed by atoms with E-state index in [0.29, 0.717) is 36.0 Å². The van der Waals surface area contributed by atoms with Gasteiger partial charge in [-0.15, -0.1) is 0 Å². The molecule has 1 unspecified atom stereocenters. The van der Waals surface area contributed by atoms with Gasteiger partial charge in [-0.25, -0.2) is 0 Å². The number of benzene rings is 3. The molecule has 3 aromatic carbocycles. The number of aromatic nitrogens is 1. The third kappa shape index (κ3) is 4.96. The van der Waals surface area contributed by atoms with Crippen LogP contribution >= 0.6 is 0 Å². The quantitative estimate of drug-likeness (QED) is 0.246. The summed E-state index contributed by atoms with van der Waals surface area (Å²) < 4.78 is 52.0. The number of piperazine rings is 1. The van der Waals surface area contributed by atoms with Crippen LogP contribution < -0.4 is 9.47 Å². The first-order valence-corrected chi connectivity index (χ1v) is 14.8. The van der Waals surface area contributed by atoms with Gasteiger partial charge in [0.15, 0.2) is 17.0 Å². The minimum atomic E-state index is -4.51. The van der Waals surface area contributed by atoms with Crippen LogP contribution in [0.3, 0.4) is 0 Å². The molecule has 0 spiro atoms. The molecule has 0 radical (unpaired) electrons. The third-order valence-corrected chi connectivity index (χ3v) is 8.58. The molecule has 2 aliphatic heterocycles.